The van der Waals surface area contributed by atoms with Gasteiger partial charge in [-0.25, -0.2) is 0 Å². The average Bonchev–Trinajstić information content (AvgIpc) is 2.69. The molecule has 1 unspecified atom stereocenters. The molecule has 0 fully saturated rings. The minimum absolute atomic E-state index is 0.0185. The fourth-order valence-electron chi connectivity index (χ4n) is 2.12. The largest absolute Gasteiger partial charge is 0.395 e. The summed E-state index contributed by atoms with van der Waals surface area (Å²) in [5, 5.41) is 4.31. The normalized spacial score (nSPS) is 12.5. The summed E-state index contributed by atoms with van der Waals surface area (Å²) in [5.41, 5.74) is 7.88. The number of carbonyl (C=O) groups excluding carboxylic acids is 1. The van der Waals surface area contributed by atoms with Crippen LogP contribution >= 0.6 is 0 Å². The van der Waals surface area contributed by atoms with Gasteiger partial charge in [0.05, 0.1) is 11.4 Å². The molecule has 0 spiro atoms. The molecule has 1 atom stereocenters. The predicted molar refractivity (Wildman–Crippen MR) is 78.0 cm³/mol. The molecule has 108 valence electrons. The molecule has 0 aliphatic rings. The van der Waals surface area contributed by atoms with Gasteiger partial charge in [0.15, 0.2) is 0 Å². The Morgan fingerprint density at radius 2 is 2.05 bits per heavy atom. The Balaban J connectivity index is 3.00. The molecule has 0 saturated heterocycles. The van der Waals surface area contributed by atoms with Crippen LogP contribution in [0.3, 0.4) is 0 Å². The van der Waals surface area contributed by atoms with Gasteiger partial charge in [-0.1, -0.05) is 27.2 Å². The van der Waals surface area contributed by atoms with Gasteiger partial charge in [0, 0.05) is 20.1 Å². The van der Waals surface area contributed by atoms with E-state index in [4.69, 9.17) is 5.73 Å². The van der Waals surface area contributed by atoms with Gasteiger partial charge in [-0.3, -0.25) is 9.48 Å². The zero-order chi connectivity index (χ0) is 14.6. The van der Waals surface area contributed by atoms with E-state index in [9.17, 15) is 4.79 Å². The van der Waals surface area contributed by atoms with Crippen LogP contribution in [0, 0.1) is 5.92 Å². The van der Waals surface area contributed by atoms with Crippen molar-refractivity contribution in [3.05, 3.63) is 11.4 Å². The van der Waals surface area contributed by atoms with Crippen molar-refractivity contribution in [3.8, 4) is 0 Å². The molecule has 5 heteroatoms. The number of nitrogen functional groups attached to an aromatic ring is 1. The molecule has 0 radical (unpaired) electrons. The van der Waals surface area contributed by atoms with E-state index >= 15 is 0 Å². The topological polar surface area (TPSA) is 64.2 Å². The fourth-order valence-corrected chi connectivity index (χ4v) is 2.12. The zero-order valence-electron chi connectivity index (χ0n) is 12.7. The van der Waals surface area contributed by atoms with Crippen molar-refractivity contribution in [2.75, 3.05) is 18.8 Å². The van der Waals surface area contributed by atoms with Crippen molar-refractivity contribution in [1.29, 1.82) is 0 Å². The van der Waals surface area contributed by atoms with E-state index < -0.39 is 0 Å². The number of hydrogen-bond acceptors (Lipinski definition) is 3. The molecular formula is C14H26N4O. The molecule has 2 N–H and O–H groups in total. The summed E-state index contributed by atoms with van der Waals surface area (Å²) in [5.74, 6) is 0.471. The third kappa shape index (κ3) is 3.28. The van der Waals surface area contributed by atoms with E-state index in [1.54, 1.807) is 11.7 Å². The summed E-state index contributed by atoms with van der Waals surface area (Å²) in [6.45, 7) is 9.72. The van der Waals surface area contributed by atoms with Crippen molar-refractivity contribution >= 4 is 11.6 Å². The molecule has 1 rings (SSSR count). The van der Waals surface area contributed by atoms with E-state index in [2.05, 4.69) is 18.9 Å². The summed E-state index contributed by atoms with van der Waals surface area (Å²) in [6.07, 6.45) is 1.80. The lowest BCUT2D eigenvalue weighted by Gasteiger charge is -2.24. The summed E-state index contributed by atoms with van der Waals surface area (Å²) >= 11 is 0. The number of nitrogens with two attached hydrogens (primary N) is 1. The molecule has 1 aromatic heterocycles. The lowest BCUT2D eigenvalue weighted by molar-refractivity contribution is 0.0731. The summed E-state index contributed by atoms with van der Waals surface area (Å²) in [7, 11) is 1.78. The van der Waals surface area contributed by atoms with Crippen LogP contribution in [-0.2, 0) is 13.5 Å². The molecule has 0 saturated carbocycles. The second-order valence-electron chi connectivity index (χ2n) is 5.04. The van der Waals surface area contributed by atoms with Crippen LogP contribution in [0.4, 0.5) is 5.69 Å². The standard InChI is InChI=1S/C14H26N4O/c1-6-10(4)9-18(8-3)14(19)13-12(15)11(7-2)16-17(13)5/h10H,6-9,15H2,1-5H3. The van der Waals surface area contributed by atoms with Crippen molar-refractivity contribution in [3.63, 3.8) is 0 Å². The van der Waals surface area contributed by atoms with Crippen LogP contribution in [0.5, 0.6) is 0 Å². The lowest BCUT2D eigenvalue weighted by atomic mass is 10.1. The number of anilines is 1. The smallest absolute Gasteiger partial charge is 0.274 e. The van der Waals surface area contributed by atoms with Crippen molar-refractivity contribution in [2.24, 2.45) is 13.0 Å². The number of rotatable bonds is 6. The Hall–Kier alpha value is -1.52. The Bertz CT molecular complexity index is 439. The molecule has 1 aromatic rings. The molecule has 0 aromatic carbocycles. The number of aromatic nitrogens is 2. The minimum Gasteiger partial charge on any atom is -0.395 e. The van der Waals surface area contributed by atoms with E-state index in [0.29, 0.717) is 23.8 Å². The highest BCUT2D eigenvalue weighted by Crippen LogP contribution is 2.19. The predicted octanol–water partition coefficient (Wildman–Crippen LogP) is 2.07. The lowest BCUT2D eigenvalue weighted by Crippen LogP contribution is -2.36. The van der Waals surface area contributed by atoms with Crippen molar-refractivity contribution < 1.29 is 4.79 Å². The highest BCUT2D eigenvalue weighted by atomic mass is 16.2. The van der Waals surface area contributed by atoms with Gasteiger partial charge >= 0.3 is 0 Å². The Labute approximate surface area is 115 Å². The van der Waals surface area contributed by atoms with Gasteiger partial charge in [0.2, 0.25) is 0 Å². The minimum atomic E-state index is -0.0185. The molecule has 0 bridgehead atoms. The monoisotopic (exact) mass is 266 g/mol. The van der Waals surface area contributed by atoms with Gasteiger partial charge in [-0.15, -0.1) is 0 Å². The van der Waals surface area contributed by atoms with Crippen molar-refractivity contribution in [2.45, 2.75) is 40.5 Å². The first-order chi connectivity index (χ1) is 8.96. The maximum absolute atomic E-state index is 12.6. The summed E-state index contributed by atoms with van der Waals surface area (Å²) in [6, 6.07) is 0. The highest BCUT2D eigenvalue weighted by molar-refractivity contribution is 5.98. The number of aryl methyl sites for hydroxylation is 2. The SMILES string of the molecule is CCc1nn(C)c(C(=O)N(CC)CC(C)CC)c1N. The first-order valence-electron chi connectivity index (χ1n) is 7.06. The summed E-state index contributed by atoms with van der Waals surface area (Å²) in [4.78, 5) is 14.4. The molecule has 0 aliphatic carbocycles. The quantitative estimate of drug-likeness (QED) is 0.857. The van der Waals surface area contributed by atoms with Crippen LogP contribution in [0.2, 0.25) is 0 Å². The third-order valence-electron chi connectivity index (χ3n) is 3.60. The maximum Gasteiger partial charge on any atom is 0.274 e. The van der Waals surface area contributed by atoms with Crippen LogP contribution < -0.4 is 5.73 Å². The molecule has 19 heavy (non-hydrogen) atoms. The fraction of sp³-hybridized carbons (Fsp3) is 0.714. The van der Waals surface area contributed by atoms with Gasteiger partial charge in [-0.05, 0) is 19.3 Å². The Kier molecular flexibility index (Phi) is 5.39. The van der Waals surface area contributed by atoms with E-state index in [1.165, 1.54) is 0 Å². The molecule has 1 amide bonds. The van der Waals surface area contributed by atoms with E-state index in [0.717, 1.165) is 25.1 Å². The maximum atomic E-state index is 12.6. The average molecular weight is 266 g/mol. The van der Waals surface area contributed by atoms with Crippen molar-refractivity contribution in [1.82, 2.24) is 14.7 Å². The van der Waals surface area contributed by atoms with E-state index in [-0.39, 0.29) is 5.91 Å². The molecule has 0 aliphatic heterocycles. The first-order valence-corrected chi connectivity index (χ1v) is 7.06. The second kappa shape index (κ2) is 6.59. The van der Waals surface area contributed by atoms with Crippen LogP contribution in [0.1, 0.15) is 50.3 Å². The number of amides is 1. The van der Waals surface area contributed by atoms with Gasteiger partial charge in [0.1, 0.15) is 5.69 Å². The third-order valence-corrected chi connectivity index (χ3v) is 3.60. The summed E-state index contributed by atoms with van der Waals surface area (Å²) < 4.78 is 1.61. The highest BCUT2D eigenvalue weighted by Gasteiger charge is 2.24. The first kappa shape index (κ1) is 15.5. The van der Waals surface area contributed by atoms with Gasteiger partial charge in [0.25, 0.3) is 5.91 Å². The Morgan fingerprint density at radius 3 is 2.47 bits per heavy atom. The Morgan fingerprint density at radius 1 is 1.42 bits per heavy atom. The number of hydrogen-bond donors (Lipinski definition) is 1. The van der Waals surface area contributed by atoms with Crippen LogP contribution in [-0.4, -0.2) is 33.7 Å². The van der Waals surface area contributed by atoms with Gasteiger partial charge in [-0.2, -0.15) is 5.10 Å². The molecule has 5 nitrogen and oxygen atoms in total. The molecule has 1 heterocycles. The number of carbonyl (C=O) groups is 1. The molecular weight excluding hydrogens is 240 g/mol. The van der Waals surface area contributed by atoms with E-state index in [1.807, 2.05) is 18.7 Å². The van der Waals surface area contributed by atoms with Crippen LogP contribution in [0.25, 0.3) is 0 Å². The zero-order valence-corrected chi connectivity index (χ0v) is 12.7. The second-order valence-corrected chi connectivity index (χ2v) is 5.04. The van der Waals surface area contributed by atoms with Gasteiger partial charge < -0.3 is 10.6 Å². The van der Waals surface area contributed by atoms with Crippen LogP contribution in [0.15, 0.2) is 0 Å². The number of nitrogens with zero attached hydrogens (tertiary/aromatic N) is 3.